The molecule has 116 valence electrons. The quantitative estimate of drug-likeness (QED) is 0.890. The van der Waals surface area contributed by atoms with Crippen molar-refractivity contribution in [3.8, 4) is 11.5 Å². The maximum Gasteiger partial charge on any atom is 0.220 e. The Kier molecular flexibility index (Phi) is 5.42. The highest BCUT2D eigenvalue weighted by atomic mass is 16.5. The van der Waals surface area contributed by atoms with Gasteiger partial charge in [0, 0.05) is 17.5 Å². The van der Waals surface area contributed by atoms with E-state index in [0.717, 1.165) is 22.6 Å². The highest BCUT2D eigenvalue weighted by Gasteiger charge is 2.22. The molecule has 2 aromatic rings. The van der Waals surface area contributed by atoms with Gasteiger partial charge in [-0.1, -0.05) is 43.3 Å². The Hall–Kier alpha value is -2.49. The molecule has 2 rings (SSSR count). The minimum Gasteiger partial charge on any atom is -0.496 e. The summed E-state index contributed by atoms with van der Waals surface area (Å²) >= 11 is 0. The predicted octanol–water partition coefficient (Wildman–Crippen LogP) is 3.32. The third kappa shape index (κ3) is 3.39. The van der Waals surface area contributed by atoms with E-state index in [2.05, 4.69) is 5.32 Å². The molecule has 0 aliphatic heterocycles. The first kappa shape index (κ1) is 15.9. The zero-order chi connectivity index (χ0) is 15.9. The maximum atomic E-state index is 12.0. The van der Waals surface area contributed by atoms with Gasteiger partial charge in [0.1, 0.15) is 11.5 Å². The summed E-state index contributed by atoms with van der Waals surface area (Å²) in [4.78, 5) is 12.0. The van der Waals surface area contributed by atoms with E-state index < -0.39 is 0 Å². The van der Waals surface area contributed by atoms with Gasteiger partial charge in [-0.25, -0.2) is 0 Å². The summed E-state index contributed by atoms with van der Waals surface area (Å²) in [5, 5.41) is 3.05. The van der Waals surface area contributed by atoms with E-state index in [1.165, 1.54) is 0 Å². The van der Waals surface area contributed by atoms with E-state index in [1.807, 2.05) is 55.5 Å². The first-order valence-electron chi connectivity index (χ1n) is 7.26. The average molecular weight is 299 g/mol. The van der Waals surface area contributed by atoms with Gasteiger partial charge in [0.25, 0.3) is 0 Å². The lowest BCUT2D eigenvalue weighted by atomic mass is 9.96. The zero-order valence-electron chi connectivity index (χ0n) is 13.1. The molecule has 4 nitrogen and oxygen atoms in total. The van der Waals surface area contributed by atoms with Crippen LogP contribution in [0.5, 0.6) is 11.5 Å². The largest absolute Gasteiger partial charge is 0.496 e. The van der Waals surface area contributed by atoms with Crippen LogP contribution in [-0.4, -0.2) is 20.1 Å². The van der Waals surface area contributed by atoms with Crippen molar-refractivity contribution in [1.29, 1.82) is 0 Å². The van der Waals surface area contributed by atoms with Gasteiger partial charge < -0.3 is 14.8 Å². The summed E-state index contributed by atoms with van der Waals surface area (Å²) in [7, 11) is 3.25. The summed E-state index contributed by atoms with van der Waals surface area (Å²) < 4.78 is 10.9. The molecule has 1 N–H and O–H groups in total. The number of hydrogen-bond donors (Lipinski definition) is 1. The topological polar surface area (TPSA) is 47.6 Å². The van der Waals surface area contributed by atoms with E-state index in [4.69, 9.17) is 9.47 Å². The number of benzene rings is 2. The van der Waals surface area contributed by atoms with Crippen LogP contribution in [0.1, 0.15) is 30.5 Å². The third-order valence-electron chi connectivity index (χ3n) is 3.53. The lowest BCUT2D eigenvalue weighted by molar-refractivity contribution is -0.121. The monoisotopic (exact) mass is 299 g/mol. The normalized spacial score (nSPS) is 10.4. The standard InChI is InChI=1S/C18H21NO3/c1-4-17(20)19-18(13-9-5-7-11-15(13)21-2)14-10-6-8-12-16(14)22-3/h5-12,18H,4H2,1-3H3,(H,19,20). The Morgan fingerprint density at radius 2 is 1.41 bits per heavy atom. The van der Waals surface area contributed by atoms with Crippen LogP contribution in [0.4, 0.5) is 0 Å². The molecular formula is C18H21NO3. The molecule has 0 unspecified atom stereocenters. The van der Waals surface area contributed by atoms with Crippen molar-refractivity contribution >= 4 is 5.91 Å². The van der Waals surface area contributed by atoms with E-state index in [9.17, 15) is 4.79 Å². The van der Waals surface area contributed by atoms with Crippen LogP contribution in [-0.2, 0) is 4.79 Å². The van der Waals surface area contributed by atoms with E-state index in [1.54, 1.807) is 14.2 Å². The highest BCUT2D eigenvalue weighted by Crippen LogP contribution is 2.34. The van der Waals surface area contributed by atoms with Crippen molar-refractivity contribution in [2.45, 2.75) is 19.4 Å². The molecule has 0 fully saturated rings. The molecule has 0 atom stereocenters. The molecular weight excluding hydrogens is 278 g/mol. The SMILES string of the molecule is CCC(=O)NC(c1ccccc1OC)c1ccccc1OC. The van der Waals surface area contributed by atoms with Gasteiger partial charge >= 0.3 is 0 Å². The second-order valence-corrected chi connectivity index (χ2v) is 4.84. The van der Waals surface area contributed by atoms with Crippen LogP contribution in [0.2, 0.25) is 0 Å². The summed E-state index contributed by atoms with van der Waals surface area (Å²) in [6, 6.07) is 15.0. The molecule has 22 heavy (non-hydrogen) atoms. The van der Waals surface area contributed by atoms with E-state index in [-0.39, 0.29) is 11.9 Å². The molecule has 0 saturated heterocycles. The number of hydrogen-bond acceptors (Lipinski definition) is 3. The van der Waals surface area contributed by atoms with Gasteiger partial charge in [-0.3, -0.25) is 4.79 Å². The molecule has 0 spiro atoms. The van der Waals surface area contributed by atoms with Crippen molar-refractivity contribution in [2.75, 3.05) is 14.2 Å². The van der Waals surface area contributed by atoms with Crippen LogP contribution in [0, 0.1) is 0 Å². The fourth-order valence-electron chi connectivity index (χ4n) is 2.40. The number of ether oxygens (including phenoxy) is 2. The smallest absolute Gasteiger partial charge is 0.220 e. The number of nitrogens with one attached hydrogen (secondary N) is 1. The lowest BCUT2D eigenvalue weighted by Crippen LogP contribution is -2.29. The number of amides is 1. The lowest BCUT2D eigenvalue weighted by Gasteiger charge is -2.23. The number of para-hydroxylation sites is 2. The summed E-state index contributed by atoms with van der Waals surface area (Å²) in [5.41, 5.74) is 1.80. The van der Waals surface area contributed by atoms with E-state index in [0.29, 0.717) is 6.42 Å². The minimum atomic E-state index is -0.320. The fourth-order valence-corrected chi connectivity index (χ4v) is 2.40. The van der Waals surface area contributed by atoms with Crippen LogP contribution < -0.4 is 14.8 Å². The second-order valence-electron chi connectivity index (χ2n) is 4.84. The molecule has 4 heteroatoms. The highest BCUT2D eigenvalue weighted by molar-refractivity contribution is 5.77. The molecule has 2 aromatic carbocycles. The summed E-state index contributed by atoms with van der Waals surface area (Å²) in [5.74, 6) is 1.44. The predicted molar refractivity (Wildman–Crippen MR) is 86.3 cm³/mol. The number of methoxy groups -OCH3 is 2. The van der Waals surface area contributed by atoms with Crippen LogP contribution >= 0.6 is 0 Å². The molecule has 0 radical (unpaired) electrons. The molecule has 0 heterocycles. The van der Waals surface area contributed by atoms with Crippen LogP contribution in [0.15, 0.2) is 48.5 Å². The van der Waals surface area contributed by atoms with Crippen LogP contribution in [0.3, 0.4) is 0 Å². The van der Waals surface area contributed by atoms with Crippen molar-refractivity contribution < 1.29 is 14.3 Å². The molecule has 0 saturated carbocycles. The van der Waals surface area contributed by atoms with Gasteiger partial charge in [-0.05, 0) is 12.1 Å². The molecule has 0 aromatic heterocycles. The van der Waals surface area contributed by atoms with Gasteiger partial charge in [0.05, 0.1) is 20.3 Å². The van der Waals surface area contributed by atoms with Crippen molar-refractivity contribution in [3.63, 3.8) is 0 Å². The summed E-state index contributed by atoms with van der Waals surface area (Å²) in [6.07, 6.45) is 0.417. The Bertz CT molecular complexity index is 592. The fraction of sp³-hybridized carbons (Fsp3) is 0.278. The first-order valence-corrected chi connectivity index (χ1v) is 7.26. The Balaban J connectivity index is 2.53. The third-order valence-corrected chi connectivity index (χ3v) is 3.53. The molecule has 0 aliphatic carbocycles. The van der Waals surface area contributed by atoms with Gasteiger partial charge in [0.15, 0.2) is 0 Å². The number of carbonyl (C=O) groups is 1. The van der Waals surface area contributed by atoms with E-state index >= 15 is 0 Å². The zero-order valence-corrected chi connectivity index (χ0v) is 13.1. The first-order chi connectivity index (χ1) is 10.7. The second kappa shape index (κ2) is 7.50. The van der Waals surface area contributed by atoms with Crippen LogP contribution in [0.25, 0.3) is 0 Å². The minimum absolute atomic E-state index is 0.0261. The molecule has 0 aliphatic rings. The van der Waals surface area contributed by atoms with Gasteiger partial charge in [-0.15, -0.1) is 0 Å². The van der Waals surface area contributed by atoms with Crippen molar-refractivity contribution in [2.24, 2.45) is 0 Å². The average Bonchev–Trinajstić information content (AvgIpc) is 2.59. The van der Waals surface area contributed by atoms with Gasteiger partial charge in [-0.2, -0.15) is 0 Å². The Morgan fingerprint density at radius 1 is 0.955 bits per heavy atom. The van der Waals surface area contributed by atoms with Gasteiger partial charge in [0.2, 0.25) is 5.91 Å². The maximum absolute atomic E-state index is 12.0. The Morgan fingerprint density at radius 3 is 1.82 bits per heavy atom. The van der Waals surface area contributed by atoms with Crippen molar-refractivity contribution in [3.05, 3.63) is 59.7 Å². The van der Waals surface area contributed by atoms with Crippen molar-refractivity contribution in [1.82, 2.24) is 5.32 Å². The number of rotatable bonds is 6. The summed E-state index contributed by atoms with van der Waals surface area (Å²) in [6.45, 7) is 1.83. The molecule has 0 bridgehead atoms. The molecule has 1 amide bonds. The Labute approximate surface area is 131 Å². The number of carbonyl (C=O) groups excluding carboxylic acids is 1.